The summed E-state index contributed by atoms with van der Waals surface area (Å²) in [5, 5.41) is 13.2. The Hall–Kier alpha value is -1.67. The highest BCUT2D eigenvalue weighted by Gasteiger charge is 2.31. The van der Waals surface area contributed by atoms with Crippen molar-refractivity contribution in [3.8, 4) is 6.01 Å². The predicted molar refractivity (Wildman–Crippen MR) is 66.1 cm³/mol. The number of ether oxygens (including phenoxy) is 1. The first-order valence-corrected chi connectivity index (χ1v) is 5.88. The molecule has 1 fully saturated rings. The molecule has 8 nitrogen and oxygen atoms in total. The highest BCUT2D eigenvalue weighted by molar-refractivity contribution is 5.35. The van der Waals surface area contributed by atoms with Gasteiger partial charge in [0.2, 0.25) is 11.9 Å². The van der Waals surface area contributed by atoms with Gasteiger partial charge in [0.15, 0.2) is 0 Å². The molecule has 1 saturated carbocycles. The predicted octanol–water partition coefficient (Wildman–Crippen LogP) is -0.117. The number of nitrogens with one attached hydrogen (secondary N) is 2. The molecule has 18 heavy (non-hydrogen) atoms. The number of anilines is 2. The molecule has 0 atom stereocenters. The smallest absolute Gasteiger partial charge is 0.322 e. The van der Waals surface area contributed by atoms with Gasteiger partial charge >= 0.3 is 6.01 Å². The second kappa shape index (κ2) is 5.32. The van der Waals surface area contributed by atoms with Crippen molar-refractivity contribution in [3.05, 3.63) is 0 Å². The molecule has 8 heteroatoms. The molecule has 0 unspecified atom stereocenters. The van der Waals surface area contributed by atoms with Gasteiger partial charge in [0.1, 0.15) is 0 Å². The third-order valence-corrected chi connectivity index (χ3v) is 3.04. The number of hydrazine groups is 1. The summed E-state index contributed by atoms with van der Waals surface area (Å²) in [6, 6.07) is 0.166. The Morgan fingerprint density at radius 3 is 2.56 bits per heavy atom. The number of rotatable bonds is 5. The maximum absolute atomic E-state index is 10.2. The van der Waals surface area contributed by atoms with Gasteiger partial charge in [0.05, 0.1) is 12.7 Å². The Morgan fingerprint density at radius 2 is 1.94 bits per heavy atom. The lowest BCUT2D eigenvalue weighted by Gasteiger charge is -2.22. The number of nitrogens with zero attached hydrogens (tertiary/aromatic N) is 3. The van der Waals surface area contributed by atoms with E-state index in [0.29, 0.717) is 12.5 Å². The van der Waals surface area contributed by atoms with E-state index < -0.39 is 5.60 Å². The van der Waals surface area contributed by atoms with Crippen molar-refractivity contribution in [1.82, 2.24) is 15.0 Å². The van der Waals surface area contributed by atoms with E-state index in [1.165, 1.54) is 7.11 Å². The summed E-state index contributed by atoms with van der Waals surface area (Å²) in [4.78, 5) is 11.9. The van der Waals surface area contributed by atoms with E-state index in [4.69, 9.17) is 10.6 Å². The van der Waals surface area contributed by atoms with Crippen LogP contribution in [0.1, 0.15) is 25.7 Å². The van der Waals surface area contributed by atoms with Crippen LogP contribution in [0.4, 0.5) is 11.9 Å². The average molecular weight is 254 g/mol. The zero-order chi connectivity index (χ0) is 13.0. The van der Waals surface area contributed by atoms with Crippen molar-refractivity contribution in [2.45, 2.75) is 31.3 Å². The minimum absolute atomic E-state index is 0.166. The van der Waals surface area contributed by atoms with Crippen molar-refractivity contribution in [2.75, 3.05) is 24.4 Å². The van der Waals surface area contributed by atoms with Gasteiger partial charge in [-0.25, -0.2) is 5.84 Å². The van der Waals surface area contributed by atoms with E-state index in [2.05, 4.69) is 25.7 Å². The summed E-state index contributed by atoms with van der Waals surface area (Å²) < 4.78 is 4.93. The van der Waals surface area contributed by atoms with Crippen LogP contribution in [0.15, 0.2) is 0 Å². The third-order valence-electron chi connectivity index (χ3n) is 3.04. The molecule has 1 aliphatic carbocycles. The molecular weight excluding hydrogens is 236 g/mol. The Morgan fingerprint density at radius 1 is 1.28 bits per heavy atom. The molecule has 0 spiro atoms. The summed E-state index contributed by atoms with van der Waals surface area (Å²) in [7, 11) is 1.46. The van der Waals surface area contributed by atoms with Gasteiger partial charge in [0.25, 0.3) is 0 Å². The topological polar surface area (TPSA) is 118 Å². The fourth-order valence-corrected chi connectivity index (χ4v) is 2.04. The van der Waals surface area contributed by atoms with E-state index >= 15 is 0 Å². The molecule has 2 rings (SSSR count). The third kappa shape index (κ3) is 2.96. The molecular formula is C10H18N6O2. The normalized spacial score (nSPS) is 17.5. The van der Waals surface area contributed by atoms with E-state index in [9.17, 15) is 5.11 Å². The number of nitrogens with two attached hydrogens (primary N) is 1. The molecule has 0 aromatic carbocycles. The fraction of sp³-hybridized carbons (Fsp3) is 0.700. The maximum atomic E-state index is 10.2. The highest BCUT2D eigenvalue weighted by atomic mass is 16.5. The molecule has 0 amide bonds. The number of hydrogen-bond acceptors (Lipinski definition) is 8. The van der Waals surface area contributed by atoms with Crippen LogP contribution in [0.2, 0.25) is 0 Å². The first kappa shape index (κ1) is 12.8. The van der Waals surface area contributed by atoms with E-state index in [1.54, 1.807) is 0 Å². The minimum atomic E-state index is -0.670. The second-order valence-corrected chi connectivity index (χ2v) is 4.40. The molecule has 100 valence electrons. The fourth-order valence-electron chi connectivity index (χ4n) is 2.04. The SMILES string of the molecule is COc1nc(NN)nc(NCC2(O)CCCC2)n1. The summed E-state index contributed by atoms with van der Waals surface area (Å²) in [5.41, 5.74) is 1.66. The lowest BCUT2D eigenvalue weighted by atomic mass is 10.0. The molecule has 0 radical (unpaired) electrons. The zero-order valence-corrected chi connectivity index (χ0v) is 10.3. The van der Waals surface area contributed by atoms with Crippen LogP contribution in [0.25, 0.3) is 0 Å². The lowest BCUT2D eigenvalue weighted by Crippen LogP contribution is -2.34. The molecule has 1 heterocycles. The number of hydrogen-bond donors (Lipinski definition) is 4. The van der Waals surface area contributed by atoms with Gasteiger partial charge in [-0.3, -0.25) is 5.43 Å². The summed E-state index contributed by atoms with van der Waals surface area (Å²) in [6.07, 6.45) is 3.69. The van der Waals surface area contributed by atoms with Crippen LogP contribution in [-0.4, -0.2) is 39.3 Å². The molecule has 0 aliphatic heterocycles. The van der Waals surface area contributed by atoms with Crippen LogP contribution in [-0.2, 0) is 0 Å². The van der Waals surface area contributed by atoms with E-state index in [-0.39, 0.29) is 12.0 Å². The highest BCUT2D eigenvalue weighted by Crippen LogP contribution is 2.29. The van der Waals surface area contributed by atoms with Gasteiger partial charge in [-0.1, -0.05) is 12.8 Å². The Labute approximate surface area is 105 Å². The van der Waals surface area contributed by atoms with Crippen molar-refractivity contribution in [2.24, 2.45) is 5.84 Å². The van der Waals surface area contributed by atoms with Crippen LogP contribution in [0.3, 0.4) is 0 Å². The summed E-state index contributed by atoms with van der Waals surface area (Å²) >= 11 is 0. The van der Waals surface area contributed by atoms with E-state index in [1.807, 2.05) is 0 Å². The van der Waals surface area contributed by atoms with Crippen molar-refractivity contribution >= 4 is 11.9 Å². The minimum Gasteiger partial charge on any atom is -0.467 e. The van der Waals surface area contributed by atoms with Crippen LogP contribution in [0, 0.1) is 0 Å². The second-order valence-electron chi connectivity index (χ2n) is 4.40. The average Bonchev–Trinajstić information content (AvgIpc) is 2.83. The molecule has 1 aromatic rings. The standard InChI is InChI=1S/C10H18N6O2/c1-18-9-14-7(13-8(15-9)16-11)12-6-10(17)4-2-3-5-10/h17H,2-6,11H2,1H3,(H2,12,13,14,15,16). The largest absolute Gasteiger partial charge is 0.467 e. The monoisotopic (exact) mass is 254 g/mol. The van der Waals surface area contributed by atoms with Crippen molar-refractivity contribution < 1.29 is 9.84 Å². The Balaban J connectivity index is 2.04. The molecule has 1 aromatic heterocycles. The van der Waals surface area contributed by atoms with Crippen LogP contribution in [0.5, 0.6) is 6.01 Å². The Bertz CT molecular complexity index is 385. The van der Waals surface area contributed by atoms with Crippen LogP contribution < -0.4 is 21.3 Å². The van der Waals surface area contributed by atoms with Gasteiger partial charge in [0, 0.05) is 6.54 Å². The summed E-state index contributed by atoms with van der Waals surface area (Å²) in [5.74, 6) is 5.79. The molecule has 5 N–H and O–H groups in total. The molecule has 0 saturated heterocycles. The van der Waals surface area contributed by atoms with Gasteiger partial charge < -0.3 is 15.2 Å². The van der Waals surface area contributed by atoms with Gasteiger partial charge in [-0.15, -0.1) is 0 Å². The maximum Gasteiger partial charge on any atom is 0.322 e. The lowest BCUT2D eigenvalue weighted by molar-refractivity contribution is 0.0613. The number of aromatic nitrogens is 3. The Kier molecular flexibility index (Phi) is 3.78. The molecule has 1 aliphatic rings. The quantitative estimate of drug-likeness (QED) is 0.424. The van der Waals surface area contributed by atoms with Crippen LogP contribution >= 0.6 is 0 Å². The number of methoxy groups -OCH3 is 1. The first-order valence-electron chi connectivity index (χ1n) is 5.88. The molecule has 0 bridgehead atoms. The first-order chi connectivity index (χ1) is 8.65. The van der Waals surface area contributed by atoms with Gasteiger partial charge in [-0.05, 0) is 12.8 Å². The van der Waals surface area contributed by atoms with Crippen molar-refractivity contribution in [1.29, 1.82) is 0 Å². The zero-order valence-electron chi connectivity index (χ0n) is 10.3. The van der Waals surface area contributed by atoms with Gasteiger partial charge in [-0.2, -0.15) is 15.0 Å². The summed E-state index contributed by atoms with van der Waals surface area (Å²) in [6.45, 7) is 0.407. The van der Waals surface area contributed by atoms with Crippen molar-refractivity contribution in [3.63, 3.8) is 0 Å². The number of nitrogen functional groups attached to an aromatic ring is 1. The number of aliphatic hydroxyl groups is 1. The van der Waals surface area contributed by atoms with E-state index in [0.717, 1.165) is 25.7 Å².